The predicted molar refractivity (Wildman–Crippen MR) is 118 cm³/mol. The van der Waals surface area contributed by atoms with Crippen LogP contribution in [0, 0.1) is 0 Å². The van der Waals surface area contributed by atoms with Gasteiger partial charge < -0.3 is 10.1 Å². The van der Waals surface area contributed by atoms with Crippen LogP contribution < -0.4 is 15.6 Å². The van der Waals surface area contributed by atoms with Crippen LogP contribution in [0.25, 0.3) is 10.9 Å². The molecule has 1 unspecified atom stereocenters. The van der Waals surface area contributed by atoms with Crippen LogP contribution in [-0.2, 0) is 11.3 Å². The fourth-order valence-corrected chi connectivity index (χ4v) is 3.84. The fourth-order valence-electron chi connectivity index (χ4n) is 2.75. The molecule has 1 N–H and O–H groups in total. The van der Waals surface area contributed by atoms with Crippen molar-refractivity contribution in [3.05, 3.63) is 70.5 Å². The van der Waals surface area contributed by atoms with Crippen molar-refractivity contribution in [1.29, 1.82) is 0 Å². The first-order valence-electron chi connectivity index (χ1n) is 8.86. The van der Waals surface area contributed by atoms with Gasteiger partial charge in [0.05, 0.1) is 29.0 Å². The number of fused-ring (bicyclic) bond motifs is 1. The van der Waals surface area contributed by atoms with Gasteiger partial charge in [-0.2, -0.15) is 0 Å². The van der Waals surface area contributed by atoms with Gasteiger partial charge in [-0.1, -0.05) is 41.6 Å². The summed E-state index contributed by atoms with van der Waals surface area (Å²) in [5.74, 6) is 0.246. The number of ether oxygens (including phenoxy) is 1. The van der Waals surface area contributed by atoms with E-state index in [1.807, 2.05) is 6.07 Å². The maximum Gasteiger partial charge on any atom is 0.262 e. The molecule has 29 heavy (non-hydrogen) atoms. The lowest BCUT2D eigenvalue weighted by atomic mass is 10.2. The average Bonchev–Trinajstić information content (AvgIpc) is 2.71. The molecule has 0 bridgehead atoms. The van der Waals surface area contributed by atoms with Crippen LogP contribution in [0.3, 0.4) is 0 Å². The summed E-state index contributed by atoms with van der Waals surface area (Å²) in [5, 5.41) is 3.76. The number of rotatable bonds is 7. The molecule has 0 aliphatic heterocycles. The normalized spacial score (nSPS) is 11.8. The Labute approximate surface area is 177 Å². The van der Waals surface area contributed by atoms with E-state index in [1.165, 1.54) is 23.4 Å². The zero-order valence-corrected chi connectivity index (χ0v) is 17.6. The van der Waals surface area contributed by atoms with E-state index in [2.05, 4.69) is 16.9 Å². The summed E-state index contributed by atoms with van der Waals surface area (Å²) in [6, 6.07) is 12.1. The molecule has 0 saturated heterocycles. The molecule has 150 valence electrons. The monoisotopic (exact) mass is 429 g/mol. The molecule has 0 aliphatic carbocycles. The number of nitrogens with zero attached hydrogens (tertiary/aromatic N) is 2. The lowest BCUT2D eigenvalue weighted by Crippen LogP contribution is -2.27. The van der Waals surface area contributed by atoms with Gasteiger partial charge >= 0.3 is 0 Å². The topological polar surface area (TPSA) is 73.2 Å². The Balaban J connectivity index is 1.89. The Morgan fingerprint density at radius 3 is 2.86 bits per heavy atom. The first-order valence-corrected chi connectivity index (χ1v) is 10.1. The first kappa shape index (κ1) is 21.0. The van der Waals surface area contributed by atoms with E-state index in [0.29, 0.717) is 39.1 Å². The highest BCUT2D eigenvalue weighted by molar-refractivity contribution is 8.00. The van der Waals surface area contributed by atoms with Crippen molar-refractivity contribution < 1.29 is 9.53 Å². The summed E-state index contributed by atoms with van der Waals surface area (Å²) < 4.78 is 6.78. The quantitative estimate of drug-likeness (QED) is 0.343. The molecule has 0 saturated carbocycles. The van der Waals surface area contributed by atoms with Crippen LogP contribution in [0.5, 0.6) is 5.75 Å². The van der Waals surface area contributed by atoms with Crippen LogP contribution in [0.15, 0.2) is 65.1 Å². The number of allylic oxidation sites excluding steroid dienone is 1. The van der Waals surface area contributed by atoms with Gasteiger partial charge in [-0.3, -0.25) is 14.2 Å². The molecular formula is C21H20ClN3O3S. The smallest absolute Gasteiger partial charge is 0.262 e. The van der Waals surface area contributed by atoms with E-state index < -0.39 is 5.25 Å². The number of carbonyl (C=O) groups excluding carboxylic acids is 1. The van der Waals surface area contributed by atoms with Crippen LogP contribution in [-0.4, -0.2) is 27.8 Å². The molecule has 0 spiro atoms. The van der Waals surface area contributed by atoms with Crippen molar-refractivity contribution in [2.24, 2.45) is 0 Å². The maximum absolute atomic E-state index is 12.8. The number of hydrogen-bond donors (Lipinski definition) is 1. The van der Waals surface area contributed by atoms with E-state index >= 15 is 0 Å². The van der Waals surface area contributed by atoms with Crippen molar-refractivity contribution in [1.82, 2.24) is 9.55 Å². The van der Waals surface area contributed by atoms with Crippen LogP contribution in [0.2, 0.25) is 5.02 Å². The highest BCUT2D eigenvalue weighted by Gasteiger charge is 2.20. The second-order valence-corrected chi connectivity index (χ2v) is 7.95. The molecule has 3 rings (SSSR count). The van der Waals surface area contributed by atoms with E-state index in [9.17, 15) is 9.59 Å². The van der Waals surface area contributed by atoms with E-state index in [1.54, 1.807) is 49.4 Å². The minimum Gasteiger partial charge on any atom is -0.495 e. The minimum atomic E-state index is -0.525. The lowest BCUT2D eigenvalue weighted by Gasteiger charge is -2.16. The number of benzene rings is 2. The Morgan fingerprint density at radius 1 is 1.38 bits per heavy atom. The summed E-state index contributed by atoms with van der Waals surface area (Å²) in [4.78, 5) is 30.2. The SMILES string of the molecule is C=CCn1c(SC(C)C(=O)Nc2cc(Cl)ccc2OC)nc2ccccc2c1=O. The number of anilines is 1. The summed E-state index contributed by atoms with van der Waals surface area (Å²) in [6.07, 6.45) is 1.63. The third kappa shape index (κ3) is 4.63. The molecule has 8 heteroatoms. The van der Waals surface area contributed by atoms with Crippen molar-refractivity contribution in [2.75, 3.05) is 12.4 Å². The third-order valence-electron chi connectivity index (χ3n) is 4.21. The first-order chi connectivity index (χ1) is 13.9. The average molecular weight is 430 g/mol. The Kier molecular flexibility index (Phi) is 6.61. The number of carbonyl (C=O) groups is 1. The molecule has 3 aromatic rings. The summed E-state index contributed by atoms with van der Waals surface area (Å²) >= 11 is 7.23. The molecule has 1 heterocycles. The van der Waals surface area contributed by atoms with Crippen LogP contribution >= 0.6 is 23.4 Å². The highest BCUT2D eigenvalue weighted by Crippen LogP contribution is 2.29. The van der Waals surface area contributed by atoms with E-state index in [-0.39, 0.29) is 11.5 Å². The molecule has 0 fully saturated rings. The molecule has 1 aromatic heterocycles. The van der Waals surface area contributed by atoms with Crippen molar-refractivity contribution >= 4 is 45.9 Å². The number of thioether (sulfide) groups is 1. The summed E-state index contributed by atoms with van der Waals surface area (Å²) in [5.41, 5.74) is 0.902. The van der Waals surface area contributed by atoms with Gasteiger partial charge in [0, 0.05) is 11.6 Å². The van der Waals surface area contributed by atoms with E-state index in [0.717, 1.165) is 0 Å². The third-order valence-corrected chi connectivity index (χ3v) is 5.53. The van der Waals surface area contributed by atoms with Crippen molar-refractivity contribution in [3.63, 3.8) is 0 Å². The molecule has 2 aromatic carbocycles. The number of aromatic nitrogens is 2. The van der Waals surface area contributed by atoms with Crippen molar-refractivity contribution in [2.45, 2.75) is 23.9 Å². The second-order valence-electron chi connectivity index (χ2n) is 6.21. The Hall–Kier alpha value is -2.77. The van der Waals surface area contributed by atoms with Crippen molar-refractivity contribution in [3.8, 4) is 5.75 Å². The van der Waals surface area contributed by atoms with Gasteiger partial charge in [-0.25, -0.2) is 4.98 Å². The fraction of sp³-hybridized carbons (Fsp3) is 0.190. The Morgan fingerprint density at radius 2 is 2.14 bits per heavy atom. The number of methoxy groups -OCH3 is 1. The highest BCUT2D eigenvalue weighted by atomic mass is 35.5. The van der Waals surface area contributed by atoms with Gasteiger partial charge in [0.15, 0.2) is 5.16 Å². The van der Waals surface area contributed by atoms with Gasteiger partial charge in [-0.15, -0.1) is 6.58 Å². The molecule has 1 atom stereocenters. The van der Waals surface area contributed by atoms with Gasteiger partial charge in [0.2, 0.25) is 5.91 Å². The largest absolute Gasteiger partial charge is 0.495 e. The number of para-hydroxylation sites is 1. The molecule has 0 radical (unpaired) electrons. The molecule has 6 nitrogen and oxygen atoms in total. The summed E-state index contributed by atoms with van der Waals surface area (Å²) in [7, 11) is 1.52. The minimum absolute atomic E-state index is 0.165. The molecule has 1 amide bonds. The zero-order chi connectivity index (χ0) is 21.0. The predicted octanol–water partition coefficient (Wildman–Crippen LogP) is 4.36. The number of hydrogen-bond acceptors (Lipinski definition) is 5. The number of halogens is 1. The maximum atomic E-state index is 12.8. The second kappa shape index (κ2) is 9.15. The number of amides is 1. The molecule has 0 aliphatic rings. The number of nitrogens with one attached hydrogen (secondary N) is 1. The van der Waals surface area contributed by atoms with Gasteiger partial charge in [0.25, 0.3) is 5.56 Å². The lowest BCUT2D eigenvalue weighted by molar-refractivity contribution is -0.115. The van der Waals surface area contributed by atoms with Crippen LogP contribution in [0.4, 0.5) is 5.69 Å². The zero-order valence-electron chi connectivity index (χ0n) is 16.0. The van der Waals surface area contributed by atoms with Gasteiger partial charge in [-0.05, 0) is 37.3 Å². The van der Waals surface area contributed by atoms with Crippen LogP contribution in [0.1, 0.15) is 6.92 Å². The van der Waals surface area contributed by atoms with Gasteiger partial charge in [0.1, 0.15) is 5.75 Å². The Bertz CT molecular complexity index is 1130. The summed E-state index contributed by atoms with van der Waals surface area (Å²) in [6.45, 7) is 5.76. The van der Waals surface area contributed by atoms with E-state index in [4.69, 9.17) is 16.3 Å². The molecular weight excluding hydrogens is 410 g/mol. The standard InChI is InChI=1S/C21H20ClN3O3S/c1-4-11-25-20(27)15-7-5-6-8-16(15)24-21(25)29-13(2)19(26)23-17-12-14(22)9-10-18(17)28-3/h4-10,12-13H,1,11H2,2-3H3,(H,23,26).